The van der Waals surface area contributed by atoms with E-state index in [1.54, 1.807) is 0 Å². The van der Waals surface area contributed by atoms with Crippen LogP contribution in [0.25, 0.3) is 0 Å². The highest BCUT2D eigenvalue weighted by Crippen LogP contribution is 2.48. The maximum atomic E-state index is 12.7. The van der Waals surface area contributed by atoms with Crippen molar-refractivity contribution in [3.8, 4) is 0 Å². The number of ether oxygens (including phenoxy) is 1. The fourth-order valence-electron chi connectivity index (χ4n) is 2.36. The number of carbonyl (C=O) groups is 1. The zero-order chi connectivity index (χ0) is 16.7. The molecule has 0 saturated carbocycles. The van der Waals surface area contributed by atoms with Gasteiger partial charge in [0.2, 0.25) is 0 Å². The minimum atomic E-state index is -0.440. The Morgan fingerprint density at radius 1 is 1.05 bits per heavy atom. The van der Waals surface area contributed by atoms with Crippen LogP contribution < -0.4 is 0 Å². The van der Waals surface area contributed by atoms with Crippen LogP contribution in [0, 0.1) is 16.2 Å². The van der Waals surface area contributed by atoms with Crippen molar-refractivity contribution in [3.63, 3.8) is 0 Å². The first kappa shape index (κ1) is 20.8. The van der Waals surface area contributed by atoms with Gasteiger partial charge in [0.25, 0.3) is 0 Å². The van der Waals surface area contributed by atoms with Crippen molar-refractivity contribution < 1.29 is 9.53 Å². The fourth-order valence-corrected chi connectivity index (χ4v) is 2.97. The van der Waals surface area contributed by atoms with Crippen molar-refractivity contribution in [2.24, 2.45) is 16.2 Å². The van der Waals surface area contributed by atoms with Crippen molar-refractivity contribution in [2.45, 2.75) is 74.7 Å². The number of rotatable bonds is 9. The van der Waals surface area contributed by atoms with Gasteiger partial charge in [0, 0.05) is 0 Å². The number of hydrogen-bond acceptors (Lipinski definition) is 3. The maximum absolute atomic E-state index is 12.7. The number of carbonyl (C=O) groups excluding carboxylic acids is 1. The van der Waals surface area contributed by atoms with E-state index in [0.29, 0.717) is 6.61 Å². The van der Waals surface area contributed by atoms with Crippen LogP contribution in [0.1, 0.15) is 74.7 Å². The van der Waals surface area contributed by atoms with Gasteiger partial charge in [-0.2, -0.15) is 11.8 Å². The second-order valence-electron chi connectivity index (χ2n) is 7.96. The Kier molecular flexibility index (Phi) is 8.38. The summed E-state index contributed by atoms with van der Waals surface area (Å²) < 4.78 is 5.62. The molecular weight excluding hydrogens is 280 g/mol. The summed E-state index contributed by atoms with van der Waals surface area (Å²) in [5.41, 5.74) is -0.391. The molecule has 21 heavy (non-hydrogen) atoms. The quantitative estimate of drug-likeness (QED) is 0.412. The molecule has 0 radical (unpaired) electrons. The lowest BCUT2D eigenvalue weighted by molar-refractivity contribution is -0.165. The third kappa shape index (κ3) is 6.63. The summed E-state index contributed by atoms with van der Waals surface area (Å²) in [6.07, 6.45) is 2.88. The van der Waals surface area contributed by atoms with Crippen LogP contribution in [0.5, 0.6) is 0 Å². The van der Waals surface area contributed by atoms with E-state index in [0.717, 1.165) is 30.8 Å². The van der Waals surface area contributed by atoms with Crippen molar-refractivity contribution in [1.29, 1.82) is 0 Å². The minimum absolute atomic E-state index is 0.0296. The van der Waals surface area contributed by atoms with Crippen LogP contribution >= 0.6 is 11.8 Å². The molecule has 0 rings (SSSR count). The van der Waals surface area contributed by atoms with Crippen LogP contribution in [-0.2, 0) is 9.53 Å². The van der Waals surface area contributed by atoms with Gasteiger partial charge < -0.3 is 4.74 Å². The molecule has 0 spiro atoms. The minimum Gasteiger partial charge on any atom is -0.465 e. The van der Waals surface area contributed by atoms with Gasteiger partial charge in [-0.15, -0.1) is 0 Å². The molecule has 0 fully saturated rings. The molecule has 1 unspecified atom stereocenters. The lowest BCUT2D eigenvalue weighted by Gasteiger charge is -2.44. The summed E-state index contributed by atoms with van der Waals surface area (Å²) in [5.74, 6) is 2.16. The van der Waals surface area contributed by atoms with Crippen LogP contribution in [0.2, 0.25) is 0 Å². The molecule has 0 amide bonds. The SMILES string of the molecule is CCSCCCOC(=O)C(C)(CC(C)(C)CC)C(C)(C)C. The number of esters is 1. The Morgan fingerprint density at radius 2 is 1.62 bits per heavy atom. The summed E-state index contributed by atoms with van der Waals surface area (Å²) >= 11 is 1.90. The molecule has 0 aliphatic carbocycles. The van der Waals surface area contributed by atoms with Gasteiger partial charge in [0.1, 0.15) is 0 Å². The smallest absolute Gasteiger partial charge is 0.312 e. The molecule has 0 aromatic carbocycles. The largest absolute Gasteiger partial charge is 0.465 e. The Balaban J connectivity index is 4.79. The molecule has 0 aliphatic heterocycles. The maximum Gasteiger partial charge on any atom is 0.312 e. The zero-order valence-electron chi connectivity index (χ0n) is 15.5. The van der Waals surface area contributed by atoms with E-state index < -0.39 is 5.41 Å². The molecule has 3 heteroatoms. The third-order valence-corrected chi connectivity index (χ3v) is 5.75. The van der Waals surface area contributed by atoms with Crippen LogP contribution in [-0.4, -0.2) is 24.1 Å². The monoisotopic (exact) mass is 316 g/mol. The molecule has 126 valence electrons. The van der Waals surface area contributed by atoms with E-state index >= 15 is 0 Å². The average molecular weight is 317 g/mol. The molecule has 0 heterocycles. The summed E-state index contributed by atoms with van der Waals surface area (Å²) in [4.78, 5) is 12.7. The Hall–Kier alpha value is -0.180. The molecule has 0 aromatic rings. The van der Waals surface area contributed by atoms with E-state index in [-0.39, 0.29) is 16.8 Å². The highest BCUT2D eigenvalue weighted by Gasteiger charge is 2.48. The zero-order valence-corrected chi connectivity index (χ0v) is 16.3. The molecule has 0 aromatic heterocycles. The third-order valence-electron chi connectivity index (χ3n) is 4.77. The van der Waals surface area contributed by atoms with Crippen LogP contribution in [0.3, 0.4) is 0 Å². The molecule has 0 aliphatic rings. The normalized spacial score (nSPS) is 15.6. The highest BCUT2D eigenvalue weighted by molar-refractivity contribution is 7.99. The Bertz CT molecular complexity index is 318. The van der Waals surface area contributed by atoms with Gasteiger partial charge in [-0.05, 0) is 42.1 Å². The summed E-state index contributed by atoms with van der Waals surface area (Å²) in [6, 6.07) is 0. The number of thioether (sulfide) groups is 1. The lowest BCUT2D eigenvalue weighted by Crippen LogP contribution is -2.44. The van der Waals surface area contributed by atoms with Gasteiger partial charge in [0.05, 0.1) is 12.0 Å². The Morgan fingerprint density at radius 3 is 2.05 bits per heavy atom. The molecule has 0 saturated heterocycles. The predicted molar refractivity (Wildman–Crippen MR) is 94.8 cm³/mol. The summed E-state index contributed by atoms with van der Waals surface area (Å²) in [7, 11) is 0. The van der Waals surface area contributed by atoms with Gasteiger partial charge in [-0.25, -0.2) is 0 Å². The first-order chi connectivity index (χ1) is 9.50. The van der Waals surface area contributed by atoms with Gasteiger partial charge in [-0.1, -0.05) is 54.9 Å². The van der Waals surface area contributed by atoms with Crippen LogP contribution in [0.4, 0.5) is 0 Å². The topological polar surface area (TPSA) is 26.3 Å². The standard InChI is InChI=1S/C18H36O2S/c1-9-17(6,7)14-18(8,16(3,4)5)15(19)20-12-11-13-21-10-2/h9-14H2,1-8H3. The van der Waals surface area contributed by atoms with E-state index in [2.05, 4.69) is 55.4 Å². The van der Waals surface area contributed by atoms with Gasteiger partial charge >= 0.3 is 5.97 Å². The molecule has 0 bridgehead atoms. The fraction of sp³-hybridized carbons (Fsp3) is 0.944. The highest BCUT2D eigenvalue weighted by atomic mass is 32.2. The Labute approximate surface area is 136 Å². The first-order valence-corrected chi connectivity index (χ1v) is 9.40. The van der Waals surface area contributed by atoms with E-state index in [9.17, 15) is 4.79 Å². The molecular formula is C18H36O2S. The van der Waals surface area contributed by atoms with E-state index in [1.807, 2.05) is 11.8 Å². The summed E-state index contributed by atoms with van der Waals surface area (Å²) in [5, 5.41) is 0. The summed E-state index contributed by atoms with van der Waals surface area (Å²) in [6.45, 7) is 17.9. The predicted octanol–water partition coefficient (Wildman–Crippen LogP) is 5.55. The van der Waals surface area contributed by atoms with Crippen molar-refractivity contribution in [2.75, 3.05) is 18.1 Å². The molecule has 0 N–H and O–H groups in total. The lowest BCUT2D eigenvalue weighted by atomic mass is 9.60. The molecule has 1 atom stereocenters. The van der Waals surface area contributed by atoms with Crippen molar-refractivity contribution >= 4 is 17.7 Å². The van der Waals surface area contributed by atoms with Crippen molar-refractivity contribution in [1.82, 2.24) is 0 Å². The van der Waals surface area contributed by atoms with E-state index in [1.165, 1.54) is 0 Å². The number of hydrogen-bond donors (Lipinski definition) is 0. The average Bonchev–Trinajstić information content (AvgIpc) is 2.36. The van der Waals surface area contributed by atoms with Gasteiger partial charge in [-0.3, -0.25) is 4.79 Å². The second kappa shape index (κ2) is 8.45. The molecule has 2 nitrogen and oxygen atoms in total. The van der Waals surface area contributed by atoms with E-state index in [4.69, 9.17) is 4.74 Å². The van der Waals surface area contributed by atoms with Crippen molar-refractivity contribution in [3.05, 3.63) is 0 Å². The second-order valence-corrected chi connectivity index (χ2v) is 9.36. The van der Waals surface area contributed by atoms with Crippen LogP contribution in [0.15, 0.2) is 0 Å². The first-order valence-electron chi connectivity index (χ1n) is 8.25. The van der Waals surface area contributed by atoms with Gasteiger partial charge in [0.15, 0.2) is 0 Å².